The van der Waals surface area contributed by atoms with Gasteiger partial charge in [0.05, 0.1) is 6.33 Å². The second-order valence-electron chi connectivity index (χ2n) is 7.86. The topological polar surface area (TPSA) is 65.1 Å². The summed E-state index contributed by atoms with van der Waals surface area (Å²) in [7, 11) is 0. The lowest BCUT2D eigenvalue weighted by atomic mass is 9.73. The maximum Gasteiger partial charge on any atom is 0.222 e. The number of carbonyl (C=O) groups is 1. The molecule has 1 atom stereocenters. The number of nitrogens with zero attached hydrogens (tertiary/aromatic N) is 4. The maximum absolute atomic E-state index is 12.5. The van der Waals surface area contributed by atoms with E-state index in [1.54, 1.807) is 6.33 Å². The van der Waals surface area contributed by atoms with E-state index in [0.717, 1.165) is 57.0 Å². The van der Waals surface area contributed by atoms with E-state index in [4.69, 9.17) is 0 Å². The van der Waals surface area contributed by atoms with Crippen LogP contribution in [0.2, 0.25) is 0 Å². The molecule has 0 radical (unpaired) electrons. The molecule has 2 saturated heterocycles. The van der Waals surface area contributed by atoms with Gasteiger partial charge in [-0.3, -0.25) is 4.79 Å². The van der Waals surface area contributed by atoms with Crippen LogP contribution in [0.4, 0.5) is 5.82 Å². The SMILES string of the molecule is Cc1ccnc(N2CCC[C@@]3(CCC(=O)N(CCc4cnc[nH]4)C3)C2)c1. The minimum absolute atomic E-state index is 0.200. The molecular weight excluding hydrogens is 326 g/mol. The number of amides is 1. The zero-order valence-electron chi connectivity index (χ0n) is 15.4. The Hall–Kier alpha value is -2.37. The van der Waals surface area contributed by atoms with E-state index < -0.39 is 0 Å². The number of rotatable bonds is 4. The first-order valence-corrected chi connectivity index (χ1v) is 9.56. The third kappa shape index (κ3) is 3.59. The molecule has 1 spiro atoms. The van der Waals surface area contributed by atoms with E-state index >= 15 is 0 Å². The average molecular weight is 353 g/mol. The van der Waals surface area contributed by atoms with Gasteiger partial charge in [-0.2, -0.15) is 0 Å². The Morgan fingerprint density at radius 1 is 1.31 bits per heavy atom. The first-order chi connectivity index (χ1) is 12.6. The predicted molar refractivity (Wildman–Crippen MR) is 101 cm³/mol. The Bertz CT molecular complexity index is 759. The minimum atomic E-state index is 0.200. The molecule has 2 aliphatic rings. The molecule has 0 unspecified atom stereocenters. The van der Waals surface area contributed by atoms with Crippen LogP contribution < -0.4 is 4.90 Å². The van der Waals surface area contributed by atoms with Gasteiger partial charge in [0.1, 0.15) is 5.82 Å². The highest BCUT2D eigenvalue weighted by molar-refractivity contribution is 5.77. The fourth-order valence-electron chi connectivity index (χ4n) is 4.41. The van der Waals surface area contributed by atoms with Crippen molar-refractivity contribution in [1.29, 1.82) is 0 Å². The third-order valence-corrected chi connectivity index (χ3v) is 5.84. The van der Waals surface area contributed by atoms with Gasteiger partial charge in [0.15, 0.2) is 0 Å². The molecule has 0 bridgehead atoms. The number of pyridine rings is 1. The van der Waals surface area contributed by atoms with Crippen LogP contribution in [0.3, 0.4) is 0 Å². The zero-order chi connectivity index (χ0) is 18.0. The lowest BCUT2D eigenvalue weighted by molar-refractivity contribution is -0.137. The fourth-order valence-corrected chi connectivity index (χ4v) is 4.41. The predicted octanol–water partition coefficient (Wildman–Crippen LogP) is 2.56. The Morgan fingerprint density at radius 3 is 3.04 bits per heavy atom. The van der Waals surface area contributed by atoms with E-state index in [0.29, 0.717) is 12.3 Å². The third-order valence-electron chi connectivity index (χ3n) is 5.84. The quantitative estimate of drug-likeness (QED) is 0.917. The molecule has 0 aromatic carbocycles. The van der Waals surface area contributed by atoms with Crippen molar-refractivity contribution >= 4 is 11.7 Å². The largest absolute Gasteiger partial charge is 0.356 e. The molecule has 2 aromatic heterocycles. The van der Waals surface area contributed by atoms with Crippen molar-refractivity contribution in [2.45, 2.75) is 39.0 Å². The second kappa shape index (κ2) is 7.09. The van der Waals surface area contributed by atoms with Crippen molar-refractivity contribution in [3.63, 3.8) is 0 Å². The van der Waals surface area contributed by atoms with Crippen molar-refractivity contribution in [2.75, 3.05) is 31.1 Å². The van der Waals surface area contributed by atoms with E-state index in [1.807, 2.05) is 18.5 Å². The molecule has 26 heavy (non-hydrogen) atoms. The van der Waals surface area contributed by atoms with Gasteiger partial charge in [0.2, 0.25) is 5.91 Å². The number of carbonyl (C=O) groups excluding carboxylic acids is 1. The van der Waals surface area contributed by atoms with E-state index in [2.05, 4.69) is 37.7 Å². The highest BCUT2D eigenvalue weighted by atomic mass is 16.2. The van der Waals surface area contributed by atoms with E-state index in [-0.39, 0.29) is 5.41 Å². The molecule has 1 amide bonds. The van der Waals surface area contributed by atoms with Gasteiger partial charge in [-0.15, -0.1) is 0 Å². The summed E-state index contributed by atoms with van der Waals surface area (Å²) in [5.74, 6) is 1.37. The fraction of sp³-hybridized carbons (Fsp3) is 0.550. The first-order valence-electron chi connectivity index (χ1n) is 9.56. The van der Waals surface area contributed by atoms with Crippen LogP contribution in [-0.4, -0.2) is 51.9 Å². The number of nitrogens with one attached hydrogen (secondary N) is 1. The van der Waals surface area contributed by atoms with Crippen LogP contribution in [0.1, 0.15) is 36.9 Å². The number of piperidine rings is 2. The normalized spacial score (nSPS) is 23.7. The molecule has 0 aliphatic carbocycles. The van der Waals surface area contributed by atoms with Crippen molar-refractivity contribution in [2.24, 2.45) is 5.41 Å². The second-order valence-corrected chi connectivity index (χ2v) is 7.86. The Labute approximate surface area is 154 Å². The number of aromatic nitrogens is 3. The summed E-state index contributed by atoms with van der Waals surface area (Å²) in [6.07, 6.45) is 10.3. The number of H-pyrrole nitrogens is 1. The van der Waals surface area contributed by atoms with Gasteiger partial charge >= 0.3 is 0 Å². The summed E-state index contributed by atoms with van der Waals surface area (Å²) in [6, 6.07) is 4.21. The molecule has 0 saturated carbocycles. The van der Waals surface area contributed by atoms with Gasteiger partial charge in [-0.25, -0.2) is 9.97 Å². The monoisotopic (exact) mass is 353 g/mol. The maximum atomic E-state index is 12.5. The van der Waals surface area contributed by atoms with Crippen LogP contribution in [0.25, 0.3) is 0 Å². The number of aryl methyl sites for hydroxylation is 1. The van der Waals surface area contributed by atoms with Crippen LogP contribution in [0, 0.1) is 12.3 Å². The van der Waals surface area contributed by atoms with Crippen LogP contribution in [0.15, 0.2) is 30.9 Å². The van der Waals surface area contributed by atoms with Crippen molar-refractivity contribution in [3.8, 4) is 0 Å². The highest BCUT2D eigenvalue weighted by Crippen LogP contribution is 2.40. The molecular formula is C20H27N5O. The number of anilines is 1. The van der Waals surface area contributed by atoms with Gasteiger partial charge in [0, 0.05) is 62.5 Å². The highest BCUT2D eigenvalue weighted by Gasteiger charge is 2.41. The number of hydrogen-bond donors (Lipinski definition) is 1. The average Bonchev–Trinajstić information content (AvgIpc) is 3.17. The van der Waals surface area contributed by atoms with Crippen LogP contribution in [-0.2, 0) is 11.2 Å². The summed E-state index contributed by atoms with van der Waals surface area (Å²) in [5.41, 5.74) is 2.53. The molecule has 2 fully saturated rings. The summed E-state index contributed by atoms with van der Waals surface area (Å²) < 4.78 is 0. The molecule has 2 aromatic rings. The smallest absolute Gasteiger partial charge is 0.222 e. The molecule has 138 valence electrons. The Balaban J connectivity index is 1.45. The molecule has 6 heteroatoms. The van der Waals surface area contributed by atoms with E-state index in [1.165, 1.54) is 12.0 Å². The Morgan fingerprint density at radius 2 is 2.23 bits per heavy atom. The molecule has 4 rings (SSSR count). The number of imidazole rings is 1. The molecule has 2 aliphatic heterocycles. The van der Waals surface area contributed by atoms with Gasteiger partial charge in [0.25, 0.3) is 0 Å². The first kappa shape index (κ1) is 17.1. The summed E-state index contributed by atoms with van der Waals surface area (Å²) in [5, 5.41) is 0. The standard InChI is InChI=1S/C20H27N5O/c1-16-4-8-22-18(11-16)24-9-2-6-20(13-24)7-3-19(26)25(14-20)10-5-17-12-21-15-23-17/h4,8,11-12,15H,2-3,5-7,9-10,13-14H2,1H3,(H,21,23)/t20-/m1/s1. The number of hydrogen-bond acceptors (Lipinski definition) is 4. The summed E-state index contributed by atoms with van der Waals surface area (Å²) in [4.78, 5) is 28.7. The van der Waals surface area contributed by atoms with Gasteiger partial charge in [-0.05, 0) is 43.9 Å². The van der Waals surface area contributed by atoms with E-state index in [9.17, 15) is 4.79 Å². The van der Waals surface area contributed by atoms with Crippen LogP contribution >= 0.6 is 0 Å². The van der Waals surface area contributed by atoms with Crippen molar-refractivity contribution in [3.05, 3.63) is 42.1 Å². The molecule has 1 N–H and O–H groups in total. The minimum Gasteiger partial charge on any atom is -0.356 e. The lowest BCUT2D eigenvalue weighted by Crippen LogP contribution is -2.54. The number of aromatic amines is 1. The van der Waals surface area contributed by atoms with Gasteiger partial charge < -0.3 is 14.8 Å². The summed E-state index contributed by atoms with van der Waals surface area (Å²) >= 11 is 0. The zero-order valence-corrected chi connectivity index (χ0v) is 15.4. The number of likely N-dealkylation sites (tertiary alicyclic amines) is 1. The molecule has 6 nitrogen and oxygen atoms in total. The summed E-state index contributed by atoms with van der Waals surface area (Å²) in [6.45, 7) is 5.80. The van der Waals surface area contributed by atoms with Crippen molar-refractivity contribution < 1.29 is 4.79 Å². The Kier molecular flexibility index (Phi) is 4.66. The molecule has 4 heterocycles. The lowest BCUT2D eigenvalue weighted by Gasteiger charge is -2.48. The van der Waals surface area contributed by atoms with Gasteiger partial charge in [-0.1, -0.05) is 0 Å². The van der Waals surface area contributed by atoms with Crippen molar-refractivity contribution in [1.82, 2.24) is 19.9 Å². The van der Waals surface area contributed by atoms with Crippen LogP contribution in [0.5, 0.6) is 0 Å².